The molecule has 2 N–H and O–H groups in total. The zero-order chi connectivity index (χ0) is 24.1. The first-order valence-corrected chi connectivity index (χ1v) is 11.4. The second-order valence-corrected chi connectivity index (χ2v) is 8.79. The molecule has 0 aliphatic carbocycles. The van der Waals surface area contributed by atoms with E-state index in [-0.39, 0.29) is 5.78 Å². The molecule has 176 valence electrons. The van der Waals surface area contributed by atoms with Crippen LogP contribution in [0.4, 0.5) is 5.82 Å². The van der Waals surface area contributed by atoms with Crippen LogP contribution in [0.15, 0.2) is 60.9 Å². The number of carbonyl (C=O) groups is 1. The van der Waals surface area contributed by atoms with Gasteiger partial charge in [-0.25, -0.2) is 15.0 Å². The number of nitrogens with zero attached hydrogens (tertiary/aromatic N) is 4. The predicted molar refractivity (Wildman–Crippen MR) is 131 cm³/mol. The van der Waals surface area contributed by atoms with Crippen LogP contribution in [0.2, 0.25) is 0 Å². The second kappa shape index (κ2) is 10.0. The lowest BCUT2D eigenvalue weighted by molar-refractivity contribution is 0.0730. The number of nitrogens with one attached hydrogen (secondary N) is 1. The molecule has 2 aromatic heterocycles. The summed E-state index contributed by atoms with van der Waals surface area (Å²) in [6.45, 7) is 7.05. The highest BCUT2D eigenvalue weighted by atomic mass is 16.5. The summed E-state index contributed by atoms with van der Waals surface area (Å²) in [7, 11) is 0. The summed E-state index contributed by atoms with van der Waals surface area (Å²) < 4.78 is 6.04. The van der Waals surface area contributed by atoms with E-state index in [4.69, 9.17) is 4.74 Å². The highest BCUT2D eigenvalue weighted by molar-refractivity contribution is 6.08. The number of H-pyrrole nitrogens is 1. The van der Waals surface area contributed by atoms with Gasteiger partial charge in [-0.15, -0.1) is 0 Å². The Morgan fingerprint density at radius 2 is 1.79 bits per heavy atom. The maximum absolute atomic E-state index is 12.9. The van der Waals surface area contributed by atoms with Crippen molar-refractivity contribution in [3.8, 4) is 11.6 Å². The molecule has 0 saturated carbocycles. The number of fused-ring (bicyclic) bond motifs is 1. The number of imidazole rings is 1. The van der Waals surface area contributed by atoms with Crippen LogP contribution in [-0.4, -0.2) is 49.5 Å². The molecule has 4 rings (SSSR count). The molecule has 34 heavy (non-hydrogen) atoms. The van der Waals surface area contributed by atoms with Crippen LogP contribution >= 0.6 is 0 Å². The van der Waals surface area contributed by atoms with Gasteiger partial charge in [0.1, 0.15) is 5.75 Å². The van der Waals surface area contributed by atoms with Gasteiger partial charge in [0.05, 0.1) is 16.6 Å². The maximum Gasteiger partial charge on any atom is 0.263 e. The van der Waals surface area contributed by atoms with Gasteiger partial charge in [-0.2, -0.15) is 0 Å². The van der Waals surface area contributed by atoms with Crippen LogP contribution in [0.25, 0.3) is 11.0 Å². The van der Waals surface area contributed by atoms with Crippen molar-refractivity contribution in [3.63, 3.8) is 0 Å². The Balaban J connectivity index is 1.51. The molecule has 0 unspecified atom stereocenters. The van der Waals surface area contributed by atoms with E-state index in [0.717, 1.165) is 24.0 Å². The Kier molecular flexibility index (Phi) is 6.88. The number of rotatable bonds is 10. The number of aromatic amines is 1. The predicted octanol–water partition coefficient (Wildman–Crippen LogP) is 4.75. The minimum Gasteiger partial charge on any atom is -0.436 e. The topological polar surface area (TPSA) is 104 Å². The van der Waals surface area contributed by atoms with Crippen molar-refractivity contribution in [2.45, 2.75) is 39.2 Å². The summed E-state index contributed by atoms with van der Waals surface area (Å²) in [5.41, 5.74) is 1.30. The zero-order valence-electron chi connectivity index (χ0n) is 19.7. The standard InChI is InChI=1S/C26H29N5O3/c1-4-16-31(17-13-26(2,3)33)24-25(28-15-14-27-24)34-19-11-9-18(10-12-19)22(32)23-29-20-7-5-6-8-21(20)30-23/h5-12,14-15,33H,4,13,16-17H2,1-3H3,(H,29,30). The van der Waals surface area contributed by atoms with E-state index in [2.05, 4.69) is 31.8 Å². The molecule has 0 saturated heterocycles. The molecular weight excluding hydrogens is 430 g/mol. The van der Waals surface area contributed by atoms with E-state index >= 15 is 0 Å². The van der Waals surface area contributed by atoms with Gasteiger partial charge in [-0.1, -0.05) is 19.1 Å². The SMILES string of the molecule is CCCN(CCC(C)(C)O)c1nccnc1Oc1ccc(C(=O)c2nc3ccccc3[nH]2)cc1. The monoisotopic (exact) mass is 459 g/mol. The van der Waals surface area contributed by atoms with Gasteiger partial charge < -0.3 is 19.7 Å². The molecule has 0 bridgehead atoms. The largest absolute Gasteiger partial charge is 0.436 e. The number of hydrogen-bond donors (Lipinski definition) is 2. The third-order valence-corrected chi connectivity index (χ3v) is 5.37. The van der Waals surface area contributed by atoms with Crippen LogP contribution in [0.5, 0.6) is 11.6 Å². The molecule has 0 aliphatic rings. The number of ether oxygens (including phenoxy) is 1. The minimum absolute atomic E-state index is 0.191. The van der Waals surface area contributed by atoms with Crippen LogP contribution in [0.1, 0.15) is 49.8 Å². The summed E-state index contributed by atoms with van der Waals surface area (Å²) >= 11 is 0. The summed E-state index contributed by atoms with van der Waals surface area (Å²) in [5, 5.41) is 10.2. The first kappa shape index (κ1) is 23.4. The Bertz CT molecular complexity index is 1230. The first-order valence-electron chi connectivity index (χ1n) is 11.4. The fourth-order valence-corrected chi connectivity index (χ4v) is 3.59. The third kappa shape index (κ3) is 5.58. The molecule has 0 aliphatic heterocycles. The van der Waals surface area contributed by atoms with E-state index < -0.39 is 5.60 Å². The van der Waals surface area contributed by atoms with Gasteiger partial charge in [-0.05, 0) is 63.1 Å². The highest BCUT2D eigenvalue weighted by Gasteiger charge is 2.20. The lowest BCUT2D eigenvalue weighted by Gasteiger charge is -2.27. The molecule has 0 atom stereocenters. The van der Waals surface area contributed by atoms with Gasteiger partial charge in [0.2, 0.25) is 5.78 Å². The molecule has 0 spiro atoms. The van der Waals surface area contributed by atoms with Gasteiger partial charge >= 0.3 is 0 Å². The fraction of sp³-hybridized carbons (Fsp3) is 0.308. The summed E-state index contributed by atoms with van der Waals surface area (Å²) in [5.74, 6) is 1.65. The molecule has 2 heterocycles. The summed E-state index contributed by atoms with van der Waals surface area (Å²) in [6, 6.07) is 14.4. The maximum atomic E-state index is 12.9. The van der Waals surface area contributed by atoms with Gasteiger partial charge in [-0.3, -0.25) is 4.79 Å². The van der Waals surface area contributed by atoms with E-state index in [1.807, 2.05) is 24.3 Å². The van der Waals surface area contributed by atoms with E-state index in [1.54, 1.807) is 50.5 Å². The van der Waals surface area contributed by atoms with Crippen molar-refractivity contribution in [1.29, 1.82) is 0 Å². The van der Waals surface area contributed by atoms with Crippen LogP contribution in [-0.2, 0) is 0 Å². The van der Waals surface area contributed by atoms with E-state index in [9.17, 15) is 9.90 Å². The van der Waals surface area contributed by atoms with E-state index in [1.165, 1.54) is 0 Å². The molecule has 0 fully saturated rings. The lowest BCUT2D eigenvalue weighted by atomic mass is 10.1. The minimum atomic E-state index is -0.780. The van der Waals surface area contributed by atoms with Crippen molar-refractivity contribution in [3.05, 3.63) is 72.3 Å². The molecule has 0 radical (unpaired) electrons. The lowest BCUT2D eigenvalue weighted by Crippen LogP contribution is -2.32. The summed E-state index contributed by atoms with van der Waals surface area (Å²) in [4.78, 5) is 31.3. The number of para-hydroxylation sites is 2. The quantitative estimate of drug-likeness (QED) is 0.330. The molecule has 8 nitrogen and oxygen atoms in total. The molecule has 2 aromatic carbocycles. The third-order valence-electron chi connectivity index (χ3n) is 5.37. The van der Waals surface area contributed by atoms with Crippen molar-refractivity contribution in [2.24, 2.45) is 0 Å². The molecule has 8 heteroatoms. The molecular formula is C26H29N5O3. The highest BCUT2D eigenvalue weighted by Crippen LogP contribution is 2.29. The van der Waals surface area contributed by atoms with Crippen LogP contribution < -0.4 is 9.64 Å². The fourth-order valence-electron chi connectivity index (χ4n) is 3.59. The number of aromatic nitrogens is 4. The Morgan fingerprint density at radius 1 is 1.06 bits per heavy atom. The van der Waals surface area contributed by atoms with Gasteiger partial charge in [0.15, 0.2) is 11.6 Å². The number of aliphatic hydroxyl groups is 1. The second-order valence-electron chi connectivity index (χ2n) is 8.79. The number of ketones is 1. The average Bonchev–Trinajstić information content (AvgIpc) is 3.26. The first-order chi connectivity index (χ1) is 16.3. The normalized spacial score (nSPS) is 11.5. The molecule has 0 amide bonds. The Hall–Kier alpha value is -3.78. The van der Waals surface area contributed by atoms with E-state index in [0.29, 0.717) is 41.8 Å². The molecule has 4 aromatic rings. The Morgan fingerprint density at radius 3 is 2.50 bits per heavy atom. The van der Waals surface area contributed by atoms with Crippen LogP contribution in [0, 0.1) is 0 Å². The van der Waals surface area contributed by atoms with Crippen LogP contribution in [0.3, 0.4) is 0 Å². The van der Waals surface area contributed by atoms with Gasteiger partial charge in [0, 0.05) is 31.0 Å². The van der Waals surface area contributed by atoms with Gasteiger partial charge in [0.25, 0.3) is 5.88 Å². The average molecular weight is 460 g/mol. The van der Waals surface area contributed by atoms with Crippen molar-refractivity contribution < 1.29 is 14.6 Å². The summed E-state index contributed by atoms with van der Waals surface area (Å²) in [6.07, 6.45) is 4.71. The van der Waals surface area contributed by atoms with Crippen molar-refractivity contribution >= 4 is 22.6 Å². The number of carbonyl (C=O) groups excluding carboxylic acids is 1. The van der Waals surface area contributed by atoms with Crippen molar-refractivity contribution in [2.75, 3.05) is 18.0 Å². The van der Waals surface area contributed by atoms with Crippen molar-refractivity contribution in [1.82, 2.24) is 19.9 Å². The number of benzene rings is 2. The smallest absolute Gasteiger partial charge is 0.263 e. The zero-order valence-corrected chi connectivity index (χ0v) is 19.7. The Labute approximate surface area is 198 Å². The number of anilines is 1. The number of hydrogen-bond acceptors (Lipinski definition) is 7.